The van der Waals surface area contributed by atoms with Crippen LogP contribution in [0.15, 0.2) is 42.5 Å². The second kappa shape index (κ2) is 10.2. The number of hydrogen-bond donors (Lipinski definition) is 5. The molecule has 1 fully saturated rings. The molecule has 5 atom stereocenters. The van der Waals surface area contributed by atoms with Crippen molar-refractivity contribution in [3.63, 3.8) is 0 Å². The highest BCUT2D eigenvalue weighted by Gasteiger charge is 2.44. The SMILES string of the molecule is CCc1ccc(Cc2ccc(CC(N)=O)cc2O[C@@H]2O[C@H](CO)[C@@H](O)[C@H](O)[C@H]2O)cc1. The molecule has 0 saturated carbocycles. The van der Waals surface area contributed by atoms with E-state index in [-0.39, 0.29) is 6.42 Å². The van der Waals surface area contributed by atoms with Crippen LogP contribution >= 0.6 is 0 Å². The van der Waals surface area contributed by atoms with Crippen LogP contribution in [0.3, 0.4) is 0 Å². The first kappa shape index (κ1) is 23.2. The minimum Gasteiger partial charge on any atom is -0.462 e. The summed E-state index contributed by atoms with van der Waals surface area (Å²) in [6.07, 6.45) is -5.48. The first-order valence-corrected chi connectivity index (χ1v) is 10.3. The summed E-state index contributed by atoms with van der Waals surface area (Å²) in [5.74, 6) is -0.149. The van der Waals surface area contributed by atoms with Gasteiger partial charge in [-0.15, -0.1) is 0 Å². The van der Waals surface area contributed by atoms with Crippen LogP contribution in [0.25, 0.3) is 0 Å². The van der Waals surface area contributed by atoms with Crippen LogP contribution in [0.2, 0.25) is 0 Å². The van der Waals surface area contributed by atoms with E-state index in [1.165, 1.54) is 5.56 Å². The van der Waals surface area contributed by atoms with Crippen molar-refractivity contribution in [2.75, 3.05) is 6.61 Å². The Morgan fingerprint density at radius 2 is 1.65 bits per heavy atom. The molecule has 0 bridgehead atoms. The van der Waals surface area contributed by atoms with Gasteiger partial charge in [-0.3, -0.25) is 4.79 Å². The van der Waals surface area contributed by atoms with E-state index in [0.717, 1.165) is 17.5 Å². The summed E-state index contributed by atoms with van der Waals surface area (Å²) in [5, 5.41) is 39.7. The summed E-state index contributed by atoms with van der Waals surface area (Å²) < 4.78 is 11.3. The molecule has 2 aromatic carbocycles. The highest BCUT2D eigenvalue weighted by atomic mass is 16.7. The largest absolute Gasteiger partial charge is 0.462 e. The second-order valence-electron chi connectivity index (χ2n) is 7.75. The van der Waals surface area contributed by atoms with E-state index in [2.05, 4.69) is 19.1 Å². The van der Waals surface area contributed by atoms with E-state index in [9.17, 15) is 25.2 Å². The van der Waals surface area contributed by atoms with Gasteiger partial charge in [0.25, 0.3) is 0 Å². The van der Waals surface area contributed by atoms with Crippen molar-refractivity contribution in [1.29, 1.82) is 0 Å². The zero-order valence-electron chi connectivity index (χ0n) is 17.3. The van der Waals surface area contributed by atoms with E-state index in [0.29, 0.717) is 17.7 Å². The van der Waals surface area contributed by atoms with Crippen molar-refractivity contribution in [3.8, 4) is 5.75 Å². The molecule has 3 rings (SSSR count). The van der Waals surface area contributed by atoms with Gasteiger partial charge in [-0.2, -0.15) is 0 Å². The van der Waals surface area contributed by atoms with Crippen molar-refractivity contribution in [1.82, 2.24) is 0 Å². The molecule has 1 heterocycles. The number of aryl methyl sites for hydroxylation is 1. The zero-order valence-corrected chi connectivity index (χ0v) is 17.3. The molecule has 1 aliphatic heterocycles. The van der Waals surface area contributed by atoms with E-state index < -0.39 is 43.2 Å². The molecule has 0 aliphatic carbocycles. The normalized spacial score (nSPS) is 25.9. The average Bonchev–Trinajstić information content (AvgIpc) is 2.76. The first-order valence-electron chi connectivity index (χ1n) is 10.3. The van der Waals surface area contributed by atoms with Gasteiger partial charge in [-0.1, -0.05) is 43.3 Å². The third-order valence-corrected chi connectivity index (χ3v) is 5.43. The van der Waals surface area contributed by atoms with Gasteiger partial charge in [-0.05, 0) is 34.7 Å². The average molecular weight is 431 g/mol. The van der Waals surface area contributed by atoms with E-state index in [1.54, 1.807) is 12.1 Å². The molecule has 2 aromatic rings. The topological polar surface area (TPSA) is 142 Å². The van der Waals surface area contributed by atoms with Gasteiger partial charge in [0, 0.05) is 6.42 Å². The number of nitrogens with two attached hydrogens (primary N) is 1. The van der Waals surface area contributed by atoms with Gasteiger partial charge >= 0.3 is 0 Å². The minimum absolute atomic E-state index is 0.0104. The smallest absolute Gasteiger partial charge is 0.229 e. The number of primary amides is 1. The fraction of sp³-hybridized carbons (Fsp3) is 0.435. The molecule has 0 spiro atoms. The lowest BCUT2D eigenvalue weighted by atomic mass is 9.98. The van der Waals surface area contributed by atoms with Crippen molar-refractivity contribution in [3.05, 3.63) is 64.7 Å². The molecule has 31 heavy (non-hydrogen) atoms. The Labute approximate surface area is 180 Å². The highest BCUT2D eigenvalue weighted by molar-refractivity contribution is 5.76. The molecule has 1 amide bonds. The number of hydrogen-bond acceptors (Lipinski definition) is 7. The lowest BCUT2D eigenvalue weighted by Crippen LogP contribution is -2.60. The van der Waals surface area contributed by atoms with Crippen LogP contribution < -0.4 is 10.5 Å². The third kappa shape index (κ3) is 5.61. The number of benzene rings is 2. The fourth-order valence-corrected chi connectivity index (χ4v) is 3.57. The van der Waals surface area contributed by atoms with Crippen LogP contribution in [-0.2, 0) is 28.8 Å². The summed E-state index contributed by atoms with van der Waals surface area (Å²) in [7, 11) is 0. The van der Waals surface area contributed by atoms with E-state index in [1.807, 2.05) is 18.2 Å². The summed E-state index contributed by atoms with van der Waals surface area (Å²) in [6, 6.07) is 13.4. The second-order valence-corrected chi connectivity index (χ2v) is 7.75. The molecule has 8 heteroatoms. The number of aliphatic hydroxyl groups excluding tert-OH is 4. The van der Waals surface area contributed by atoms with Gasteiger partial charge in [0.05, 0.1) is 13.0 Å². The van der Waals surface area contributed by atoms with Gasteiger partial charge in [0.2, 0.25) is 12.2 Å². The van der Waals surface area contributed by atoms with Crippen molar-refractivity contribution < 1.29 is 34.7 Å². The predicted octanol–water partition coefficient (Wildman–Crippen LogP) is 0.0463. The Morgan fingerprint density at radius 1 is 1.00 bits per heavy atom. The number of aliphatic hydroxyl groups is 4. The Bertz CT molecular complexity index is 884. The monoisotopic (exact) mass is 431 g/mol. The van der Waals surface area contributed by atoms with Crippen LogP contribution in [-0.4, -0.2) is 63.6 Å². The lowest BCUT2D eigenvalue weighted by molar-refractivity contribution is -0.277. The van der Waals surface area contributed by atoms with Gasteiger partial charge < -0.3 is 35.6 Å². The van der Waals surface area contributed by atoms with Crippen molar-refractivity contribution >= 4 is 5.91 Å². The Hall–Kier alpha value is -2.49. The van der Waals surface area contributed by atoms with Gasteiger partial charge in [-0.25, -0.2) is 0 Å². The minimum atomic E-state index is -1.55. The number of carbonyl (C=O) groups is 1. The Balaban J connectivity index is 1.88. The summed E-state index contributed by atoms with van der Waals surface area (Å²) in [6.45, 7) is 1.53. The number of rotatable bonds is 8. The fourth-order valence-electron chi connectivity index (χ4n) is 3.57. The van der Waals surface area contributed by atoms with Crippen LogP contribution in [0, 0.1) is 0 Å². The van der Waals surface area contributed by atoms with Crippen LogP contribution in [0.4, 0.5) is 0 Å². The maximum atomic E-state index is 11.3. The molecule has 1 aliphatic rings. The van der Waals surface area contributed by atoms with Crippen molar-refractivity contribution in [2.45, 2.75) is 56.9 Å². The summed E-state index contributed by atoms with van der Waals surface area (Å²) in [5.41, 5.74) is 8.96. The summed E-state index contributed by atoms with van der Waals surface area (Å²) >= 11 is 0. The molecule has 0 aromatic heterocycles. The highest BCUT2D eigenvalue weighted by Crippen LogP contribution is 2.29. The zero-order chi connectivity index (χ0) is 22.5. The molecule has 6 N–H and O–H groups in total. The maximum absolute atomic E-state index is 11.3. The number of amides is 1. The molecule has 8 nitrogen and oxygen atoms in total. The molecule has 1 saturated heterocycles. The molecular weight excluding hydrogens is 402 g/mol. The van der Waals surface area contributed by atoms with Gasteiger partial charge in [0.15, 0.2) is 0 Å². The van der Waals surface area contributed by atoms with Crippen LogP contribution in [0.1, 0.15) is 29.2 Å². The standard InChI is InChI=1S/C23H29NO7/c1-2-13-3-5-14(6-4-13)9-16-8-7-15(11-19(24)26)10-17(16)30-23-22(29)21(28)20(27)18(12-25)31-23/h3-8,10,18,20-23,25,27-29H,2,9,11-12H2,1H3,(H2,24,26)/t18-,20-,21+,22-,23-/m1/s1. The number of carbonyl (C=O) groups excluding carboxylic acids is 1. The molecule has 0 unspecified atom stereocenters. The van der Waals surface area contributed by atoms with E-state index in [4.69, 9.17) is 15.2 Å². The molecular formula is C23H29NO7. The number of ether oxygens (including phenoxy) is 2. The van der Waals surface area contributed by atoms with Crippen LogP contribution in [0.5, 0.6) is 5.75 Å². The summed E-state index contributed by atoms with van der Waals surface area (Å²) in [4.78, 5) is 11.3. The third-order valence-electron chi connectivity index (χ3n) is 5.43. The predicted molar refractivity (Wildman–Crippen MR) is 112 cm³/mol. The first-order chi connectivity index (χ1) is 14.8. The quantitative estimate of drug-likeness (QED) is 0.397. The van der Waals surface area contributed by atoms with E-state index >= 15 is 0 Å². The molecule has 168 valence electrons. The van der Waals surface area contributed by atoms with Gasteiger partial charge in [0.1, 0.15) is 30.2 Å². The Kier molecular flexibility index (Phi) is 7.64. The molecule has 0 radical (unpaired) electrons. The lowest BCUT2D eigenvalue weighted by Gasteiger charge is -2.39. The maximum Gasteiger partial charge on any atom is 0.229 e. The van der Waals surface area contributed by atoms with Crippen molar-refractivity contribution in [2.24, 2.45) is 5.73 Å². The Morgan fingerprint density at radius 3 is 2.26 bits per heavy atom.